The maximum absolute atomic E-state index is 11.2. The summed E-state index contributed by atoms with van der Waals surface area (Å²) in [5.41, 5.74) is 1.15. The van der Waals surface area contributed by atoms with Crippen LogP contribution in [0.25, 0.3) is 5.69 Å². The van der Waals surface area contributed by atoms with Crippen LogP contribution in [0.5, 0.6) is 11.5 Å². The Morgan fingerprint density at radius 1 is 1.08 bits per heavy atom. The number of aliphatic hydroxyl groups excluding tert-OH is 2. The van der Waals surface area contributed by atoms with Gasteiger partial charge in [-0.05, 0) is 95.8 Å². The van der Waals surface area contributed by atoms with Gasteiger partial charge < -0.3 is 24.8 Å². The van der Waals surface area contributed by atoms with Crippen molar-refractivity contribution in [2.75, 3.05) is 7.11 Å². The van der Waals surface area contributed by atoms with E-state index in [2.05, 4.69) is 15.5 Å². The summed E-state index contributed by atoms with van der Waals surface area (Å²) in [7, 11) is 1.65. The third-order valence-electron chi connectivity index (χ3n) is 7.15. The molecule has 2 atom stereocenters. The minimum Gasteiger partial charge on any atom is -0.511 e. The number of rotatable bonds is 8. The van der Waals surface area contributed by atoms with Gasteiger partial charge in [-0.2, -0.15) is 4.68 Å². The van der Waals surface area contributed by atoms with Gasteiger partial charge in [0.15, 0.2) is 6.29 Å². The highest BCUT2D eigenvalue weighted by atomic mass is 32.2. The minimum absolute atomic E-state index is 0.112. The number of aryl methyl sites for hydroxylation is 1. The van der Waals surface area contributed by atoms with Gasteiger partial charge in [-0.3, -0.25) is 0 Å². The van der Waals surface area contributed by atoms with E-state index in [4.69, 9.17) is 9.47 Å². The second-order valence-corrected chi connectivity index (χ2v) is 10.4. The lowest BCUT2D eigenvalue weighted by atomic mass is 9.77. The van der Waals surface area contributed by atoms with E-state index in [0.717, 1.165) is 55.2 Å². The highest BCUT2D eigenvalue weighted by Gasteiger charge is 2.47. The number of aromatic hydroxyl groups is 1. The van der Waals surface area contributed by atoms with Crippen LogP contribution in [0.2, 0.25) is 0 Å². The Kier molecular flexibility index (Phi) is 7.17. The highest BCUT2D eigenvalue weighted by Crippen LogP contribution is 2.49. The molecule has 0 amide bonds. The number of ether oxygens (including phenoxy) is 2. The van der Waals surface area contributed by atoms with Crippen molar-refractivity contribution in [3.05, 3.63) is 64.8 Å². The molecule has 2 unspecified atom stereocenters. The van der Waals surface area contributed by atoms with E-state index >= 15 is 0 Å². The van der Waals surface area contributed by atoms with Crippen molar-refractivity contribution >= 4 is 11.8 Å². The lowest BCUT2D eigenvalue weighted by Crippen LogP contribution is -2.47. The summed E-state index contributed by atoms with van der Waals surface area (Å²) in [6, 6.07) is 14.4. The Bertz CT molecular complexity index is 1210. The molecule has 0 spiro atoms. The van der Waals surface area contributed by atoms with E-state index in [-0.39, 0.29) is 17.4 Å². The topological polar surface area (TPSA) is 123 Å². The Hall–Kier alpha value is -3.08. The zero-order chi connectivity index (χ0) is 25.1. The van der Waals surface area contributed by atoms with Crippen LogP contribution in [0.1, 0.15) is 44.1 Å². The zero-order valence-corrected chi connectivity index (χ0v) is 20.9. The van der Waals surface area contributed by atoms with Crippen molar-refractivity contribution in [3.8, 4) is 17.2 Å². The minimum atomic E-state index is -1.29. The molecule has 2 aromatic carbocycles. The van der Waals surface area contributed by atoms with Crippen LogP contribution in [0, 0.1) is 5.92 Å². The highest BCUT2D eigenvalue weighted by molar-refractivity contribution is 8.03. The first-order valence-corrected chi connectivity index (χ1v) is 13.0. The second kappa shape index (κ2) is 10.5. The maximum atomic E-state index is 11.2. The summed E-state index contributed by atoms with van der Waals surface area (Å²) in [5.74, 6) is 1.32. The molecule has 0 saturated heterocycles. The van der Waals surface area contributed by atoms with Gasteiger partial charge in [0.1, 0.15) is 17.3 Å². The summed E-state index contributed by atoms with van der Waals surface area (Å²) >= 11 is 1.08. The van der Waals surface area contributed by atoms with E-state index in [1.807, 2.05) is 24.3 Å². The summed E-state index contributed by atoms with van der Waals surface area (Å²) < 4.78 is 13.1. The maximum Gasteiger partial charge on any atom is 0.218 e. The monoisotopic (exact) mass is 510 g/mol. The molecule has 1 aromatic heterocycles. The predicted molar refractivity (Wildman–Crippen MR) is 134 cm³/mol. The number of tetrazole rings is 1. The molecule has 2 heterocycles. The van der Waals surface area contributed by atoms with Crippen LogP contribution >= 0.6 is 11.8 Å². The van der Waals surface area contributed by atoms with Gasteiger partial charge >= 0.3 is 0 Å². The number of phenolic OH excluding ortho intramolecular Hbond substituents is 1. The van der Waals surface area contributed by atoms with E-state index < -0.39 is 11.9 Å². The largest absolute Gasteiger partial charge is 0.511 e. The smallest absolute Gasteiger partial charge is 0.218 e. The molecule has 0 radical (unpaired) electrons. The number of phenols is 1. The molecule has 1 saturated carbocycles. The molecule has 5 rings (SSSR count). The van der Waals surface area contributed by atoms with E-state index in [1.165, 1.54) is 4.68 Å². The van der Waals surface area contributed by atoms with Crippen LogP contribution in [0.3, 0.4) is 0 Å². The number of thioether (sulfide) groups is 1. The number of aromatic nitrogens is 4. The fourth-order valence-electron chi connectivity index (χ4n) is 5.23. The molecule has 3 aromatic rings. The molecule has 3 N–H and O–H groups in total. The number of hydrogen-bond donors (Lipinski definition) is 3. The molecule has 1 fully saturated rings. The second-order valence-electron chi connectivity index (χ2n) is 9.34. The molecule has 10 heteroatoms. The molecule has 0 bridgehead atoms. The normalized spacial score (nSPS) is 22.8. The average Bonchev–Trinajstić information content (AvgIpc) is 3.59. The van der Waals surface area contributed by atoms with Gasteiger partial charge in [0.2, 0.25) is 5.16 Å². The molecular formula is C26H30N4O5S. The van der Waals surface area contributed by atoms with Crippen LogP contribution in [0.15, 0.2) is 64.4 Å². The van der Waals surface area contributed by atoms with Crippen molar-refractivity contribution in [1.82, 2.24) is 20.2 Å². The zero-order valence-electron chi connectivity index (χ0n) is 20.1. The first-order valence-electron chi connectivity index (χ1n) is 12.1. The van der Waals surface area contributed by atoms with Gasteiger partial charge in [-0.15, -0.1) is 5.10 Å². The van der Waals surface area contributed by atoms with E-state index in [9.17, 15) is 15.3 Å². The van der Waals surface area contributed by atoms with Gasteiger partial charge in [-0.25, -0.2) is 0 Å². The fourth-order valence-corrected chi connectivity index (χ4v) is 6.07. The number of methoxy groups -OCH3 is 1. The first kappa shape index (κ1) is 24.6. The number of benzene rings is 2. The van der Waals surface area contributed by atoms with Gasteiger partial charge in [0, 0.05) is 6.42 Å². The Morgan fingerprint density at radius 3 is 2.47 bits per heavy atom. The van der Waals surface area contributed by atoms with Gasteiger partial charge in [0.05, 0.1) is 23.3 Å². The molecule has 9 nitrogen and oxygen atoms in total. The molecule has 190 valence electrons. The summed E-state index contributed by atoms with van der Waals surface area (Å²) in [6.45, 7) is 0. The third kappa shape index (κ3) is 5.07. The van der Waals surface area contributed by atoms with Gasteiger partial charge in [0.25, 0.3) is 0 Å². The lowest BCUT2D eigenvalue weighted by molar-refractivity contribution is -0.201. The Balaban J connectivity index is 1.38. The van der Waals surface area contributed by atoms with Crippen molar-refractivity contribution in [1.29, 1.82) is 0 Å². The summed E-state index contributed by atoms with van der Waals surface area (Å²) in [5, 5.41) is 44.1. The third-order valence-corrected chi connectivity index (χ3v) is 8.25. The predicted octanol–water partition coefficient (Wildman–Crippen LogP) is 4.54. The molecule has 1 aliphatic carbocycles. The van der Waals surface area contributed by atoms with Crippen LogP contribution in [0.4, 0.5) is 0 Å². The SMILES string of the molecule is COc1ccc(CCC2(C3CCCC3)CC(O)=C(Sc3nnnn3-c3ccc(O)cc3)C(O)O2)cc1. The van der Waals surface area contributed by atoms with E-state index in [1.54, 1.807) is 31.4 Å². The molecular weight excluding hydrogens is 480 g/mol. The summed E-state index contributed by atoms with van der Waals surface area (Å²) in [6.07, 6.45) is 4.79. The molecule has 36 heavy (non-hydrogen) atoms. The molecule has 2 aliphatic rings. The Morgan fingerprint density at radius 2 is 1.81 bits per heavy atom. The fraction of sp³-hybridized carbons (Fsp3) is 0.423. The van der Waals surface area contributed by atoms with Crippen LogP contribution < -0.4 is 4.74 Å². The van der Waals surface area contributed by atoms with Crippen molar-refractivity contribution in [2.24, 2.45) is 5.92 Å². The molecule has 1 aliphatic heterocycles. The first-order chi connectivity index (χ1) is 17.5. The van der Waals surface area contributed by atoms with Crippen molar-refractivity contribution in [2.45, 2.75) is 62.0 Å². The van der Waals surface area contributed by atoms with Gasteiger partial charge in [-0.1, -0.05) is 25.0 Å². The van der Waals surface area contributed by atoms with Crippen LogP contribution in [-0.2, 0) is 11.2 Å². The standard InChI is InChI=1S/C26H30N4O5S/c1-34-21-12-6-17(7-13-21)14-15-26(18-4-2-3-5-18)16-22(32)23(24(33)35-26)36-25-27-28-29-30(25)19-8-10-20(31)11-9-19/h6-13,18,24,31-33H,2-5,14-16H2,1H3. The Labute approximate surface area is 213 Å². The lowest BCUT2D eigenvalue weighted by Gasteiger charge is -2.44. The number of aliphatic hydroxyl groups is 2. The average molecular weight is 511 g/mol. The van der Waals surface area contributed by atoms with E-state index in [0.29, 0.717) is 28.6 Å². The van der Waals surface area contributed by atoms with Crippen molar-refractivity contribution in [3.63, 3.8) is 0 Å². The number of hydrogen-bond acceptors (Lipinski definition) is 9. The summed E-state index contributed by atoms with van der Waals surface area (Å²) in [4.78, 5) is 0.294. The van der Waals surface area contributed by atoms with Crippen molar-refractivity contribution < 1.29 is 24.8 Å². The van der Waals surface area contributed by atoms with Crippen LogP contribution in [-0.4, -0.2) is 54.5 Å². The quantitative estimate of drug-likeness (QED) is 0.401. The number of nitrogens with zero attached hydrogens (tertiary/aromatic N) is 4.